The van der Waals surface area contributed by atoms with Crippen molar-refractivity contribution in [2.45, 2.75) is 44.2 Å². The fraction of sp³-hybridized carbons (Fsp3) is 0.588. The predicted molar refractivity (Wildman–Crippen MR) is 83.7 cm³/mol. The lowest BCUT2D eigenvalue weighted by atomic mass is 10.00. The third-order valence-electron chi connectivity index (χ3n) is 5.23. The van der Waals surface area contributed by atoms with Crippen molar-refractivity contribution in [2.24, 2.45) is 0 Å². The molecule has 2 atom stereocenters. The van der Waals surface area contributed by atoms with Gasteiger partial charge in [0.25, 0.3) is 5.91 Å². The Morgan fingerprint density at radius 1 is 1.24 bits per heavy atom. The molecule has 0 spiro atoms. The highest BCUT2D eigenvalue weighted by Crippen LogP contribution is 2.28. The van der Waals surface area contributed by atoms with Gasteiger partial charge in [0.1, 0.15) is 0 Å². The molecule has 0 bridgehead atoms. The standard InChI is InChI=1S/C17H23N3O/c21-17(19-15-7-10-20-9-2-4-16(15)20)13-5-6-14-12(11-13)3-1-8-18-14/h5-6,11,15-16,18H,1-4,7-10H2,(H,19,21). The number of carbonyl (C=O) groups is 1. The van der Waals surface area contributed by atoms with Crippen molar-refractivity contribution < 1.29 is 4.79 Å². The average Bonchev–Trinajstić information content (AvgIpc) is 3.12. The van der Waals surface area contributed by atoms with E-state index in [1.807, 2.05) is 6.07 Å². The molecule has 2 unspecified atom stereocenters. The molecule has 1 aromatic rings. The van der Waals surface area contributed by atoms with E-state index >= 15 is 0 Å². The van der Waals surface area contributed by atoms with Crippen molar-refractivity contribution in [3.63, 3.8) is 0 Å². The van der Waals surface area contributed by atoms with Gasteiger partial charge in [0, 0.05) is 36.4 Å². The van der Waals surface area contributed by atoms with Crippen LogP contribution in [0.3, 0.4) is 0 Å². The van der Waals surface area contributed by atoms with Crippen LogP contribution in [0.5, 0.6) is 0 Å². The molecule has 1 aromatic carbocycles. The second-order valence-corrected chi connectivity index (χ2v) is 6.52. The van der Waals surface area contributed by atoms with Gasteiger partial charge < -0.3 is 10.6 Å². The number of hydrogen-bond donors (Lipinski definition) is 2. The van der Waals surface area contributed by atoms with E-state index in [1.165, 1.54) is 30.6 Å². The van der Waals surface area contributed by atoms with Crippen LogP contribution >= 0.6 is 0 Å². The maximum atomic E-state index is 12.5. The highest BCUT2D eigenvalue weighted by atomic mass is 16.1. The SMILES string of the molecule is O=C(NC1CCN2CCCC12)c1ccc2c(c1)CCCN2. The van der Waals surface area contributed by atoms with Crippen molar-refractivity contribution in [3.8, 4) is 0 Å². The number of hydrogen-bond acceptors (Lipinski definition) is 3. The highest BCUT2D eigenvalue weighted by molar-refractivity contribution is 5.95. The number of rotatable bonds is 2. The third kappa shape index (κ3) is 2.42. The van der Waals surface area contributed by atoms with Gasteiger partial charge in [-0.3, -0.25) is 9.69 Å². The smallest absolute Gasteiger partial charge is 0.251 e. The number of fused-ring (bicyclic) bond motifs is 2. The van der Waals surface area contributed by atoms with Crippen LogP contribution in [0.4, 0.5) is 5.69 Å². The van der Waals surface area contributed by atoms with E-state index in [0.717, 1.165) is 37.9 Å². The van der Waals surface area contributed by atoms with E-state index < -0.39 is 0 Å². The molecule has 3 aliphatic heterocycles. The summed E-state index contributed by atoms with van der Waals surface area (Å²) in [6.07, 6.45) is 5.84. The molecule has 0 radical (unpaired) electrons. The number of aryl methyl sites for hydroxylation is 1. The van der Waals surface area contributed by atoms with Gasteiger partial charge in [-0.15, -0.1) is 0 Å². The van der Waals surface area contributed by atoms with Gasteiger partial charge in [0.15, 0.2) is 0 Å². The summed E-state index contributed by atoms with van der Waals surface area (Å²) < 4.78 is 0. The van der Waals surface area contributed by atoms with E-state index in [-0.39, 0.29) is 5.91 Å². The molecule has 4 rings (SSSR count). The topological polar surface area (TPSA) is 44.4 Å². The fourth-order valence-electron chi connectivity index (χ4n) is 4.12. The Bertz CT molecular complexity index is 557. The minimum atomic E-state index is 0.0992. The van der Waals surface area contributed by atoms with Crippen LogP contribution in [0.1, 0.15) is 41.6 Å². The first-order valence-corrected chi connectivity index (χ1v) is 8.23. The maximum absolute atomic E-state index is 12.5. The van der Waals surface area contributed by atoms with Gasteiger partial charge in [-0.25, -0.2) is 0 Å². The monoisotopic (exact) mass is 285 g/mol. The second-order valence-electron chi connectivity index (χ2n) is 6.52. The summed E-state index contributed by atoms with van der Waals surface area (Å²) in [6, 6.07) is 6.99. The van der Waals surface area contributed by atoms with E-state index in [2.05, 4.69) is 27.7 Å². The van der Waals surface area contributed by atoms with Crippen LogP contribution < -0.4 is 10.6 Å². The summed E-state index contributed by atoms with van der Waals surface area (Å²) in [4.78, 5) is 15.1. The number of nitrogens with one attached hydrogen (secondary N) is 2. The van der Waals surface area contributed by atoms with Crippen LogP contribution in [0.25, 0.3) is 0 Å². The maximum Gasteiger partial charge on any atom is 0.251 e. The fourth-order valence-corrected chi connectivity index (χ4v) is 4.12. The molecule has 4 heteroatoms. The van der Waals surface area contributed by atoms with Gasteiger partial charge in [0.2, 0.25) is 0 Å². The summed E-state index contributed by atoms with van der Waals surface area (Å²) in [5.41, 5.74) is 3.29. The molecule has 112 valence electrons. The van der Waals surface area contributed by atoms with Crippen molar-refractivity contribution in [2.75, 3.05) is 25.0 Å². The first kappa shape index (κ1) is 13.1. The first-order valence-electron chi connectivity index (χ1n) is 8.23. The average molecular weight is 285 g/mol. The highest BCUT2D eigenvalue weighted by Gasteiger charge is 2.37. The molecular formula is C17H23N3O. The Balaban J connectivity index is 1.47. The summed E-state index contributed by atoms with van der Waals surface area (Å²) >= 11 is 0. The Morgan fingerprint density at radius 2 is 2.19 bits per heavy atom. The van der Waals surface area contributed by atoms with Gasteiger partial charge in [-0.05, 0) is 62.4 Å². The summed E-state index contributed by atoms with van der Waals surface area (Å²) in [6.45, 7) is 3.39. The zero-order chi connectivity index (χ0) is 14.2. The van der Waals surface area contributed by atoms with Gasteiger partial charge in [-0.2, -0.15) is 0 Å². The molecule has 0 saturated carbocycles. The van der Waals surface area contributed by atoms with Gasteiger partial charge >= 0.3 is 0 Å². The lowest BCUT2D eigenvalue weighted by Crippen LogP contribution is -2.42. The first-order chi connectivity index (χ1) is 10.3. The van der Waals surface area contributed by atoms with Crippen LogP contribution in [0, 0.1) is 0 Å². The molecule has 2 saturated heterocycles. The summed E-state index contributed by atoms with van der Waals surface area (Å²) in [5, 5.41) is 6.67. The number of nitrogens with zero attached hydrogens (tertiary/aromatic N) is 1. The minimum Gasteiger partial charge on any atom is -0.385 e. The lowest BCUT2D eigenvalue weighted by Gasteiger charge is -2.22. The number of benzene rings is 1. The van der Waals surface area contributed by atoms with Crippen molar-refractivity contribution in [1.82, 2.24) is 10.2 Å². The van der Waals surface area contributed by atoms with Crippen molar-refractivity contribution in [1.29, 1.82) is 0 Å². The molecule has 3 aliphatic rings. The molecule has 4 nitrogen and oxygen atoms in total. The zero-order valence-electron chi connectivity index (χ0n) is 12.4. The Morgan fingerprint density at radius 3 is 3.14 bits per heavy atom. The van der Waals surface area contributed by atoms with Crippen LogP contribution in [-0.2, 0) is 6.42 Å². The minimum absolute atomic E-state index is 0.0992. The van der Waals surface area contributed by atoms with Crippen LogP contribution in [0.2, 0.25) is 0 Å². The van der Waals surface area contributed by atoms with E-state index in [1.54, 1.807) is 0 Å². The summed E-state index contributed by atoms with van der Waals surface area (Å²) in [7, 11) is 0. The second kappa shape index (κ2) is 5.34. The van der Waals surface area contributed by atoms with Crippen molar-refractivity contribution in [3.05, 3.63) is 29.3 Å². The largest absolute Gasteiger partial charge is 0.385 e. The number of carbonyl (C=O) groups excluding carboxylic acids is 1. The van der Waals surface area contributed by atoms with Gasteiger partial charge in [-0.1, -0.05) is 0 Å². The quantitative estimate of drug-likeness (QED) is 0.873. The Kier molecular flexibility index (Phi) is 3.34. The van der Waals surface area contributed by atoms with Gasteiger partial charge in [0.05, 0.1) is 0 Å². The molecule has 1 amide bonds. The van der Waals surface area contributed by atoms with E-state index in [0.29, 0.717) is 12.1 Å². The predicted octanol–water partition coefficient (Wildman–Crippen LogP) is 2.01. The van der Waals surface area contributed by atoms with E-state index in [4.69, 9.17) is 0 Å². The number of amides is 1. The molecule has 2 N–H and O–H groups in total. The molecule has 2 fully saturated rings. The molecule has 21 heavy (non-hydrogen) atoms. The van der Waals surface area contributed by atoms with Crippen molar-refractivity contribution >= 4 is 11.6 Å². The Labute approximate surface area is 125 Å². The Hall–Kier alpha value is -1.55. The van der Waals surface area contributed by atoms with Crippen LogP contribution in [0.15, 0.2) is 18.2 Å². The normalized spacial score (nSPS) is 27.8. The molecule has 3 heterocycles. The number of anilines is 1. The molecule has 0 aromatic heterocycles. The third-order valence-corrected chi connectivity index (χ3v) is 5.23. The zero-order valence-corrected chi connectivity index (χ0v) is 12.4. The lowest BCUT2D eigenvalue weighted by molar-refractivity contribution is 0.0929. The van der Waals surface area contributed by atoms with Crippen LogP contribution in [-0.4, -0.2) is 42.5 Å². The molecule has 0 aliphatic carbocycles. The summed E-state index contributed by atoms with van der Waals surface area (Å²) in [5.74, 6) is 0.0992. The van der Waals surface area contributed by atoms with E-state index in [9.17, 15) is 4.79 Å². The molecular weight excluding hydrogens is 262 g/mol.